The molecule has 2 amide bonds. The molecule has 0 spiro atoms. The van der Waals surface area contributed by atoms with Crippen LogP contribution in [0.4, 0.5) is 10.1 Å². The maximum atomic E-state index is 13.8. The molecular formula is C28H32FN3O5S. The van der Waals surface area contributed by atoms with Crippen molar-refractivity contribution in [2.24, 2.45) is 0 Å². The number of carbonyl (C=O) groups excluding carboxylic acids is 2. The number of methoxy groups -OCH3 is 1. The van der Waals surface area contributed by atoms with Gasteiger partial charge in [-0.1, -0.05) is 42.5 Å². The van der Waals surface area contributed by atoms with E-state index in [0.717, 1.165) is 16.1 Å². The third kappa shape index (κ3) is 7.79. The van der Waals surface area contributed by atoms with Crippen molar-refractivity contribution in [1.82, 2.24) is 10.2 Å². The van der Waals surface area contributed by atoms with E-state index in [2.05, 4.69) is 5.32 Å². The molecule has 3 rings (SSSR count). The molecule has 0 aromatic heterocycles. The second-order valence-electron chi connectivity index (χ2n) is 8.72. The number of likely N-dealkylation sites (N-methyl/N-ethyl adjacent to an activating group) is 1. The summed E-state index contributed by atoms with van der Waals surface area (Å²) in [6.07, 6.45) is 1.22. The number of nitrogens with one attached hydrogen (secondary N) is 1. The molecule has 38 heavy (non-hydrogen) atoms. The summed E-state index contributed by atoms with van der Waals surface area (Å²) in [7, 11) is -2.37. The van der Waals surface area contributed by atoms with E-state index in [9.17, 15) is 22.4 Å². The Morgan fingerprint density at radius 3 is 2.13 bits per heavy atom. The fourth-order valence-electron chi connectivity index (χ4n) is 3.99. The molecule has 0 bridgehead atoms. The summed E-state index contributed by atoms with van der Waals surface area (Å²) < 4.78 is 45.2. The van der Waals surface area contributed by atoms with Gasteiger partial charge in [0, 0.05) is 19.5 Å². The molecule has 202 valence electrons. The number of sulfonamides is 1. The molecule has 0 aliphatic carbocycles. The van der Waals surface area contributed by atoms with Gasteiger partial charge in [0.15, 0.2) is 0 Å². The smallest absolute Gasteiger partial charge is 0.244 e. The minimum atomic E-state index is -3.86. The van der Waals surface area contributed by atoms with Crippen LogP contribution in [-0.2, 0) is 32.6 Å². The van der Waals surface area contributed by atoms with Gasteiger partial charge in [-0.25, -0.2) is 12.8 Å². The number of anilines is 1. The van der Waals surface area contributed by atoms with Gasteiger partial charge in [-0.05, 0) is 54.4 Å². The van der Waals surface area contributed by atoms with E-state index in [1.165, 1.54) is 36.3 Å². The Balaban J connectivity index is 2.01. The minimum Gasteiger partial charge on any atom is -0.497 e. The lowest BCUT2D eigenvalue weighted by Crippen LogP contribution is -2.53. The predicted octanol–water partition coefficient (Wildman–Crippen LogP) is 3.38. The first-order valence-corrected chi connectivity index (χ1v) is 13.9. The third-order valence-corrected chi connectivity index (χ3v) is 7.07. The average molecular weight is 542 g/mol. The first kappa shape index (κ1) is 28.6. The van der Waals surface area contributed by atoms with Gasteiger partial charge in [-0.2, -0.15) is 0 Å². The maximum absolute atomic E-state index is 13.8. The largest absolute Gasteiger partial charge is 0.497 e. The molecule has 1 N–H and O–H groups in total. The van der Waals surface area contributed by atoms with Crippen LogP contribution in [0.3, 0.4) is 0 Å². The first-order chi connectivity index (χ1) is 18.1. The summed E-state index contributed by atoms with van der Waals surface area (Å²) in [6.45, 7) is 1.58. The summed E-state index contributed by atoms with van der Waals surface area (Å²) in [5.41, 5.74) is 1.70. The summed E-state index contributed by atoms with van der Waals surface area (Å²) >= 11 is 0. The monoisotopic (exact) mass is 541 g/mol. The van der Waals surface area contributed by atoms with Crippen molar-refractivity contribution in [3.05, 3.63) is 95.8 Å². The van der Waals surface area contributed by atoms with Crippen molar-refractivity contribution in [1.29, 1.82) is 0 Å². The topological polar surface area (TPSA) is 96.0 Å². The zero-order valence-electron chi connectivity index (χ0n) is 21.6. The minimum absolute atomic E-state index is 0.0199. The number of halogens is 1. The van der Waals surface area contributed by atoms with Crippen molar-refractivity contribution >= 4 is 27.5 Å². The highest BCUT2D eigenvalue weighted by Gasteiger charge is 2.32. The highest BCUT2D eigenvalue weighted by molar-refractivity contribution is 7.92. The normalized spacial score (nSPS) is 11.9. The average Bonchev–Trinajstić information content (AvgIpc) is 2.90. The SMILES string of the molecule is CCNC(=O)[C@H](Cc1ccccc1)N(Cc1ccc(F)cc1)C(=O)CN(c1ccc(OC)cc1)S(C)(=O)=O. The molecule has 3 aromatic carbocycles. The number of ether oxygens (including phenoxy) is 1. The van der Waals surface area contributed by atoms with Gasteiger partial charge in [-0.15, -0.1) is 0 Å². The van der Waals surface area contributed by atoms with Crippen LogP contribution in [0, 0.1) is 5.82 Å². The van der Waals surface area contributed by atoms with Crippen molar-refractivity contribution in [3.63, 3.8) is 0 Å². The molecular weight excluding hydrogens is 509 g/mol. The van der Waals surface area contributed by atoms with Crippen molar-refractivity contribution in [2.75, 3.05) is 30.8 Å². The highest BCUT2D eigenvalue weighted by Crippen LogP contribution is 2.23. The lowest BCUT2D eigenvalue weighted by molar-refractivity contribution is -0.140. The Labute approximate surface area is 223 Å². The fraction of sp³-hybridized carbons (Fsp3) is 0.286. The van der Waals surface area contributed by atoms with Crippen LogP contribution in [0.1, 0.15) is 18.1 Å². The van der Waals surface area contributed by atoms with Crippen LogP contribution in [0.25, 0.3) is 0 Å². The molecule has 0 aliphatic heterocycles. The first-order valence-electron chi connectivity index (χ1n) is 12.1. The van der Waals surface area contributed by atoms with Crippen LogP contribution >= 0.6 is 0 Å². The summed E-state index contributed by atoms with van der Waals surface area (Å²) in [6, 6.07) is 20.2. The lowest BCUT2D eigenvalue weighted by atomic mass is 10.0. The summed E-state index contributed by atoms with van der Waals surface area (Å²) in [4.78, 5) is 28.5. The number of hydrogen-bond acceptors (Lipinski definition) is 5. The molecule has 0 radical (unpaired) electrons. The Hall–Kier alpha value is -3.92. The Bertz CT molecular complexity index is 1320. The van der Waals surface area contributed by atoms with E-state index in [0.29, 0.717) is 17.9 Å². The van der Waals surface area contributed by atoms with Gasteiger partial charge in [0.05, 0.1) is 19.1 Å². The second-order valence-corrected chi connectivity index (χ2v) is 10.6. The van der Waals surface area contributed by atoms with Crippen LogP contribution in [-0.4, -0.2) is 57.6 Å². The zero-order chi connectivity index (χ0) is 27.7. The quantitative estimate of drug-likeness (QED) is 0.379. The molecule has 1 atom stereocenters. The van der Waals surface area contributed by atoms with Crippen molar-refractivity contribution < 1.29 is 27.1 Å². The second kappa shape index (κ2) is 13.0. The molecule has 0 saturated carbocycles. The van der Waals surface area contributed by atoms with Crippen molar-refractivity contribution in [2.45, 2.75) is 25.9 Å². The Kier molecular flexibility index (Phi) is 9.84. The highest BCUT2D eigenvalue weighted by atomic mass is 32.2. The van der Waals surface area contributed by atoms with Crippen LogP contribution in [0.5, 0.6) is 5.75 Å². The Morgan fingerprint density at radius 1 is 0.947 bits per heavy atom. The molecule has 0 saturated heterocycles. The molecule has 8 nitrogen and oxygen atoms in total. The summed E-state index contributed by atoms with van der Waals surface area (Å²) in [5.74, 6) is -0.852. The van der Waals surface area contributed by atoms with Gasteiger partial charge in [0.2, 0.25) is 21.8 Å². The number of carbonyl (C=O) groups is 2. The van der Waals surface area contributed by atoms with Crippen LogP contribution in [0.2, 0.25) is 0 Å². The van der Waals surface area contributed by atoms with Gasteiger partial charge in [-0.3, -0.25) is 13.9 Å². The van der Waals surface area contributed by atoms with Gasteiger partial charge >= 0.3 is 0 Å². The number of rotatable bonds is 12. The molecule has 3 aromatic rings. The van der Waals surface area contributed by atoms with Crippen LogP contribution in [0.15, 0.2) is 78.9 Å². The van der Waals surface area contributed by atoms with Crippen LogP contribution < -0.4 is 14.4 Å². The lowest BCUT2D eigenvalue weighted by Gasteiger charge is -2.33. The van der Waals surface area contributed by atoms with Crippen molar-refractivity contribution in [3.8, 4) is 5.75 Å². The number of benzene rings is 3. The standard InChI is InChI=1S/C28H32FN3O5S/c1-4-30-28(34)26(18-21-8-6-5-7-9-21)31(19-22-10-12-23(29)13-11-22)27(33)20-32(38(3,35)36)24-14-16-25(37-2)17-15-24/h5-17,26H,4,18-20H2,1-3H3,(H,30,34)/t26-/m0/s1. The van der Waals surface area contributed by atoms with Gasteiger partial charge in [0.25, 0.3) is 0 Å². The van der Waals surface area contributed by atoms with E-state index < -0.39 is 34.3 Å². The van der Waals surface area contributed by atoms with E-state index in [-0.39, 0.29) is 24.6 Å². The molecule has 10 heteroatoms. The predicted molar refractivity (Wildman–Crippen MR) is 145 cm³/mol. The molecule has 0 aliphatic rings. The zero-order valence-corrected chi connectivity index (χ0v) is 22.4. The molecule has 0 fully saturated rings. The van der Waals surface area contributed by atoms with E-state index in [1.807, 2.05) is 30.3 Å². The third-order valence-electron chi connectivity index (χ3n) is 5.93. The number of nitrogens with zero attached hydrogens (tertiary/aromatic N) is 2. The maximum Gasteiger partial charge on any atom is 0.244 e. The number of amides is 2. The van der Waals surface area contributed by atoms with E-state index >= 15 is 0 Å². The molecule has 0 unspecified atom stereocenters. The molecule has 0 heterocycles. The summed E-state index contributed by atoms with van der Waals surface area (Å²) in [5, 5.41) is 2.79. The van der Waals surface area contributed by atoms with Gasteiger partial charge in [0.1, 0.15) is 24.2 Å². The fourth-order valence-corrected chi connectivity index (χ4v) is 4.84. The van der Waals surface area contributed by atoms with E-state index in [1.54, 1.807) is 31.2 Å². The number of hydrogen-bond donors (Lipinski definition) is 1. The Morgan fingerprint density at radius 2 is 1.58 bits per heavy atom. The van der Waals surface area contributed by atoms with Gasteiger partial charge < -0.3 is 15.0 Å². The van der Waals surface area contributed by atoms with E-state index in [4.69, 9.17) is 4.74 Å².